The molecule has 164 valence electrons. The highest BCUT2D eigenvalue weighted by molar-refractivity contribution is 5.84. The van der Waals surface area contributed by atoms with Gasteiger partial charge in [-0.05, 0) is 30.5 Å². The molecule has 0 radical (unpaired) electrons. The molecule has 1 aromatic carbocycles. The van der Waals surface area contributed by atoms with E-state index in [-0.39, 0.29) is 30.4 Å². The largest absolute Gasteiger partial charge is 0.380 e. The van der Waals surface area contributed by atoms with Crippen LogP contribution >= 0.6 is 0 Å². The molecular weight excluding hydrogens is 408 g/mol. The van der Waals surface area contributed by atoms with E-state index in [1.807, 2.05) is 36.4 Å². The number of H-pyrrole nitrogens is 1. The van der Waals surface area contributed by atoms with Crippen molar-refractivity contribution in [3.05, 3.63) is 76.0 Å². The summed E-state index contributed by atoms with van der Waals surface area (Å²) in [5.41, 5.74) is 9.23. The lowest BCUT2D eigenvalue weighted by atomic mass is 10.1. The van der Waals surface area contributed by atoms with Crippen molar-refractivity contribution in [2.45, 2.75) is 26.4 Å². The van der Waals surface area contributed by atoms with Crippen LogP contribution in [0, 0.1) is 6.92 Å². The third kappa shape index (κ3) is 4.75. The van der Waals surface area contributed by atoms with E-state index in [9.17, 15) is 9.59 Å². The summed E-state index contributed by atoms with van der Waals surface area (Å²) < 4.78 is 1.41. The number of rotatable bonds is 8. The number of nitrogens with one attached hydrogen (secondary N) is 3. The van der Waals surface area contributed by atoms with E-state index in [2.05, 4.69) is 30.8 Å². The fraction of sp³-hybridized carbons (Fsp3) is 0.227. The van der Waals surface area contributed by atoms with Crippen LogP contribution in [0.15, 0.2) is 53.6 Å². The summed E-state index contributed by atoms with van der Waals surface area (Å²) >= 11 is 0. The van der Waals surface area contributed by atoms with E-state index in [1.54, 1.807) is 19.3 Å². The fourth-order valence-electron chi connectivity index (χ4n) is 3.33. The zero-order chi connectivity index (χ0) is 22.5. The summed E-state index contributed by atoms with van der Waals surface area (Å²) in [5.74, 6) is 0.267. The van der Waals surface area contributed by atoms with Crippen molar-refractivity contribution in [2.75, 3.05) is 17.6 Å². The van der Waals surface area contributed by atoms with E-state index in [1.165, 1.54) is 4.57 Å². The molecule has 0 fully saturated rings. The van der Waals surface area contributed by atoms with E-state index >= 15 is 0 Å². The Bertz CT molecular complexity index is 1300. The molecule has 0 atom stereocenters. The molecule has 3 heterocycles. The maximum absolute atomic E-state index is 12.8. The van der Waals surface area contributed by atoms with Crippen molar-refractivity contribution in [3.8, 4) is 0 Å². The SMILES string of the molecule is Cc1cnc(NCCc2ccccc2)c(=O)n1CC(=O)NCc1cnc2c(N)n[nH]c2c1. The van der Waals surface area contributed by atoms with Gasteiger partial charge in [-0.15, -0.1) is 0 Å². The van der Waals surface area contributed by atoms with E-state index in [0.717, 1.165) is 17.5 Å². The quantitative estimate of drug-likeness (QED) is 0.329. The minimum Gasteiger partial charge on any atom is -0.380 e. The highest BCUT2D eigenvalue weighted by atomic mass is 16.2. The van der Waals surface area contributed by atoms with Crippen molar-refractivity contribution in [1.29, 1.82) is 0 Å². The molecule has 1 amide bonds. The molecule has 0 aliphatic heterocycles. The second kappa shape index (κ2) is 9.29. The normalized spacial score (nSPS) is 10.9. The Balaban J connectivity index is 1.37. The first-order valence-electron chi connectivity index (χ1n) is 10.2. The van der Waals surface area contributed by atoms with E-state index in [0.29, 0.717) is 29.1 Å². The van der Waals surface area contributed by atoms with Crippen LogP contribution in [0.5, 0.6) is 0 Å². The number of hydrogen-bond donors (Lipinski definition) is 4. The van der Waals surface area contributed by atoms with E-state index < -0.39 is 0 Å². The number of anilines is 2. The Hall–Kier alpha value is -4.21. The molecular formula is C22H24N8O2. The molecule has 0 unspecified atom stereocenters. The van der Waals surface area contributed by atoms with Crippen molar-refractivity contribution < 1.29 is 4.79 Å². The number of hydrogen-bond acceptors (Lipinski definition) is 7. The number of aromatic nitrogens is 5. The molecule has 0 aliphatic carbocycles. The molecule has 4 rings (SSSR count). The zero-order valence-corrected chi connectivity index (χ0v) is 17.6. The Morgan fingerprint density at radius 1 is 1.16 bits per heavy atom. The van der Waals surface area contributed by atoms with Gasteiger partial charge in [0.05, 0.1) is 5.52 Å². The number of nitrogens with two attached hydrogens (primary N) is 1. The van der Waals surface area contributed by atoms with Crippen molar-refractivity contribution >= 4 is 28.6 Å². The van der Waals surface area contributed by atoms with Crippen LogP contribution < -0.4 is 21.9 Å². The molecule has 0 saturated heterocycles. The predicted octanol–water partition coefficient (Wildman–Crippen LogP) is 1.38. The number of nitrogen functional groups attached to an aromatic ring is 1. The molecule has 5 N–H and O–H groups in total. The summed E-state index contributed by atoms with van der Waals surface area (Å²) in [6, 6.07) is 11.8. The van der Waals surface area contributed by atoms with Crippen LogP contribution in [-0.4, -0.2) is 37.2 Å². The maximum atomic E-state index is 12.8. The minimum atomic E-state index is -0.329. The number of amides is 1. The highest BCUT2D eigenvalue weighted by Crippen LogP contribution is 2.15. The van der Waals surface area contributed by atoms with E-state index in [4.69, 9.17) is 5.73 Å². The average molecular weight is 432 g/mol. The van der Waals surface area contributed by atoms with Crippen molar-refractivity contribution in [1.82, 2.24) is 30.0 Å². The minimum absolute atomic E-state index is 0.104. The number of aromatic amines is 1. The lowest BCUT2D eigenvalue weighted by molar-refractivity contribution is -0.121. The van der Waals surface area contributed by atoms with Gasteiger partial charge in [0, 0.05) is 31.2 Å². The summed E-state index contributed by atoms with van der Waals surface area (Å²) in [6.07, 6.45) is 3.98. The third-order valence-electron chi connectivity index (χ3n) is 5.08. The molecule has 32 heavy (non-hydrogen) atoms. The molecule has 4 aromatic rings. The standard InChI is InChI=1S/C22H24N8O2/c1-14-10-27-21(24-8-7-15-5-3-2-4-6-15)22(32)30(14)13-18(31)25-11-16-9-17-19(26-12-16)20(23)29-28-17/h2-6,9-10,12H,7-8,11,13H2,1H3,(H,24,27)(H,25,31)(H3,23,28,29). The topological polar surface area (TPSA) is 144 Å². The van der Waals surface area contributed by atoms with Crippen molar-refractivity contribution in [3.63, 3.8) is 0 Å². The summed E-state index contributed by atoms with van der Waals surface area (Å²) in [7, 11) is 0. The van der Waals surface area contributed by atoms with Gasteiger partial charge in [0.25, 0.3) is 5.56 Å². The number of pyridine rings is 1. The summed E-state index contributed by atoms with van der Waals surface area (Å²) in [6.45, 7) is 2.47. The highest BCUT2D eigenvalue weighted by Gasteiger charge is 2.12. The lowest BCUT2D eigenvalue weighted by Gasteiger charge is -2.12. The molecule has 0 spiro atoms. The molecule has 0 bridgehead atoms. The predicted molar refractivity (Wildman–Crippen MR) is 122 cm³/mol. The van der Waals surface area contributed by atoms with Crippen LogP contribution in [0.1, 0.15) is 16.8 Å². The fourth-order valence-corrected chi connectivity index (χ4v) is 3.33. The first kappa shape index (κ1) is 21.0. The van der Waals surface area contributed by atoms with Gasteiger partial charge in [-0.3, -0.25) is 24.2 Å². The number of carbonyl (C=O) groups excluding carboxylic acids is 1. The Morgan fingerprint density at radius 3 is 2.78 bits per heavy atom. The number of nitrogens with zero attached hydrogens (tertiary/aromatic N) is 4. The molecule has 10 heteroatoms. The van der Waals surface area contributed by atoms with Gasteiger partial charge in [-0.2, -0.15) is 5.10 Å². The van der Waals surface area contributed by atoms with Gasteiger partial charge < -0.3 is 16.4 Å². The zero-order valence-electron chi connectivity index (χ0n) is 17.6. The summed E-state index contributed by atoms with van der Waals surface area (Å²) in [5, 5.41) is 12.6. The first-order chi connectivity index (χ1) is 15.5. The van der Waals surface area contributed by atoms with Gasteiger partial charge in [0.15, 0.2) is 11.6 Å². The van der Waals surface area contributed by atoms with Crippen LogP contribution in [0.25, 0.3) is 11.0 Å². The van der Waals surface area contributed by atoms with Crippen molar-refractivity contribution in [2.24, 2.45) is 0 Å². The van der Waals surface area contributed by atoms with Crippen LogP contribution in [0.4, 0.5) is 11.6 Å². The second-order valence-electron chi connectivity index (χ2n) is 7.43. The molecule has 0 saturated carbocycles. The molecule has 3 aromatic heterocycles. The third-order valence-corrected chi connectivity index (χ3v) is 5.08. The number of aryl methyl sites for hydroxylation is 1. The molecule has 0 aliphatic rings. The summed E-state index contributed by atoms with van der Waals surface area (Å²) in [4.78, 5) is 33.8. The van der Waals surface area contributed by atoms with Crippen LogP contribution in [0.2, 0.25) is 0 Å². The van der Waals surface area contributed by atoms with Crippen LogP contribution in [0.3, 0.4) is 0 Å². The number of fused-ring (bicyclic) bond motifs is 1. The maximum Gasteiger partial charge on any atom is 0.293 e. The molecule has 10 nitrogen and oxygen atoms in total. The lowest BCUT2D eigenvalue weighted by Crippen LogP contribution is -2.34. The first-order valence-corrected chi connectivity index (χ1v) is 10.2. The number of benzene rings is 1. The average Bonchev–Trinajstić information content (AvgIpc) is 3.17. The number of carbonyl (C=O) groups is 1. The monoisotopic (exact) mass is 432 g/mol. The van der Waals surface area contributed by atoms with Crippen LogP contribution in [-0.2, 0) is 24.3 Å². The van der Waals surface area contributed by atoms with Gasteiger partial charge in [-0.25, -0.2) is 4.98 Å². The van der Waals surface area contributed by atoms with Gasteiger partial charge in [-0.1, -0.05) is 30.3 Å². The van der Waals surface area contributed by atoms with Gasteiger partial charge in [0.2, 0.25) is 5.91 Å². The van der Waals surface area contributed by atoms with Gasteiger partial charge >= 0.3 is 0 Å². The second-order valence-corrected chi connectivity index (χ2v) is 7.43. The Kier molecular flexibility index (Phi) is 6.11. The Labute approximate surface area is 183 Å². The smallest absolute Gasteiger partial charge is 0.293 e. The Morgan fingerprint density at radius 2 is 1.97 bits per heavy atom. The van der Waals surface area contributed by atoms with Gasteiger partial charge in [0.1, 0.15) is 12.1 Å².